The van der Waals surface area contributed by atoms with E-state index in [1.54, 1.807) is 37.3 Å². The Morgan fingerprint density at radius 1 is 1.25 bits per heavy atom. The number of thioether (sulfide) groups is 1. The molecule has 0 bridgehead atoms. The smallest absolute Gasteiger partial charge is 0.342 e. The first-order valence-corrected chi connectivity index (χ1v) is 9.67. The van der Waals surface area contributed by atoms with E-state index in [-0.39, 0.29) is 11.5 Å². The molecule has 1 aromatic heterocycles. The predicted molar refractivity (Wildman–Crippen MR) is 110 cm³/mol. The maximum absolute atomic E-state index is 11.7. The molecule has 2 aromatic carbocycles. The van der Waals surface area contributed by atoms with Crippen molar-refractivity contribution < 1.29 is 14.6 Å². The SMILES string of the molecule is Cc1nc(S/C(=C\c2ccccc2OCc2ccc(Cl)c(Cl)c2)C(=O)O)n[nH]1. The number of nitrogens with one attached hydrogen (secondary N) is 1. The zero-order valence-electron chi connectivity index (χ0n) is 14.6. The van der Waals surface area contributed by atoms with Crippen LogP contribution in [0.4, 0.5) is 0 Å². The van der Waals surface area contributed by atoms with Gasteiger partial charge in [0.05, 0.1) is 10.0 Å². The Labute approximate surface area is 175 Å². The van der Waals surface area contributed by atoms with Crippen LogP contribution in [-0.4, -0.2) is 26.3 Å². The predicted octanol–water partition coefficient (Wildman–Crippen LogP) is 5.22. The Hall–Kier alpha value is -2.48. The van der Waals surface area contributed by atoms with Crippen LogP contribution < -0.4 is 4.74 Å². The van der Waals surface area contributed by atoms with Gasteiger partial charge in [-0.3, -0.25) is 5.10 Å². The lowest BCUT2D eigenvalue weighted by Gasteiger charge is -2.10. The van der Waals surface area contributed by atoms with Gasteiger partial charge in [0, 0.05) is 5.56 Å². The first-order chi connectivity index (χ1) is 13.4. The third-order valence-corrected chi connectivity index (χ3v) is 5.19. The van der Waals surface area contributed by atoms with Gasteiger partial charge in [0.15, 0.2) is 0 Å². The molecule has 0 unspecified atom stereocenters. The average Bonchev–Trinajstić information content (AvgIpc) is 3.08. The van der Waals surface area contributed by atoms with Gasteiger partial charge in [-0.1, -0.05) is 47.5 Å². The summed E-state index contributed by atoms with van der Waals surface area (Å²) in [6, 6.07) is 12.4. The largest absolute Gasteiger partial charge is 0.488 e. The standard InChI is InChI=1S/C19H15Cl2N3O3S/c1-11-22-19(24-23-11)28-17(18(25)26)9-13-4-2-3-5-16(13)27-10-12-6-7-14(20)15(21)8-12/h2-9H,10H2,1H3,(H,25,26)(H,22,23,24)/b17-9-. The van der Waals surface area contributed by atoms with Gasteiger partial charge in [0.25, 0.3) is 0 Å². The summed E-state index contributed by atoms with van der Waals surface area (Å²) in [4.78, 5) is 15.9. The van der Waals surface area contributed by atoms with Crippen molar-refractivity contribution in [2.75, 3.05) is 0 Å². The number of carboxylic acid groups (broad SMARTS) is 1. The molecular weight excluding hydrogens is 421 g/mol. The van der Waals surface area contributed by atoms with Crippen LogP contribution in [0.1, 0.15) is 17.0 Å². The minimum Gasteiger partial charge on any atom is -0.488 e. The quantitative estimate of drug-likeness (QED) is 0.390. The molecule has 3 aromatic rings. The van der Waals surface area contributed by atoms with Gasteiger partial charge in [-0.2, -0.15) is 0 Å². The van der Waals surface area contributed by atoms with Gasteiger partial charge in [0.2, 0.25) is 5.16 Å². The molecule has 2 N–H and O–H groups in total. The van der Waals surface area contributed by atoms with Crippen LogP contribution in [0, 0.1) is 6.92 Å². The summed E-state index contributed by atoms with van der Waals surface area (Å²) in [5, 5.41) is 17.4. The maximum Gasteiger partial charge on any atom is 0.342 e. The fraction of sp³-hybridized carbons (Fsp3) is 0.105. The van der Waals surface area contributed by atoms with E-state index in [0.717, 1.165) is 17.3 Å². The zero-order valence-corrected chi connectivity index (χ0v) is 17.0. The van der Waals surface area contributed by atoms with Gasteiger partial charge >= 0.3 is 5.97 Å². The molecule has 144 valence electrons. The lowest BCUT2D eigenvalue weighted by Crippen LogP contribution is -2.00. The average molecular weight is 436 g/mol. The van der Waals surface area contributed by atoms with E-state index in [4.69, 9.17) is 27.9 Å². The van der Waals surface area contributed by atoms with Crippen molar-refractivity contribution in [1.82, 2.24) is 15.2 Å². The van der Waals surface area contributed by atoms with E-state index in [1.165, 1.54) is 6.08 Å². The summed E-state index contributed by atoms with van der Waals surface area (Å²) >= 11 is 12.9. The number of benzene rings is 2. The lowest BCUT2D eigenvalue weighted by molar-refractivity contribution is -0.131. The van der Waals surface area contributed by atoms with Gasteiger partial charge < -0.3 is 9.84 Å². The molecule has 1 heterocycles. The number of rotatable bonds is 7. The molecule has 6 nitrogen and oxygen atoms in total. The highest BCUT2D eigenvalue weighted by Gasteiger charge is 2.14. The van der Waals surface area contributed by atoms with Crippen LogP contribution in [0.15, 0.2) is 52.5 Å². The Kier molecular flexibility index (Phi) is 6.61. The second kappa shape index (κ2) is 9.14. The third kappa shape index (κ3) is 5.28. The molecule has 0 saturated carbocycles. The van der Waals surface area contributed by atoms with Crippen molar-refractivity contribution >= 4 is 47.0 Å². The van der Waals surface area contributed by atoms with Gasteiger partial charge in [-0.15, -0.1) is 5.10 Å². The summed E-state index contributed by atoms with van der Waals surface area (Å²) in [5.74, 6) is 0.0726. The Morgan fingerprint density at radius 3 is 2.71 bits per heavy atom. The number of carboxylic acids is 1. The minimum atomic E-state index is -1.08. The van der Waals surface area contributed by atoms with E-state index >= 15 is 0 Å². The van der Waals surface area contributed by atoms with Gasteiger partial charge in [0.1, 0.15) is 23.1 Å². The minimum absolute atomic E-state index is 0.0737. The molecule has 0 aliphatic heterocycles. The van der Waals surface area contributed by atoms with Gasteiger partial charge in [-0.05, 0) is 48.5 Å². The van der Waals surface area contributed by atoms with E-state index in [2.05, 4.69) is 15.2 Å². The van der Waals surface area contributed by atoms with Crippen molar-refractivity contribution in [3.63, 3.8) is 0 Å². The fourth-order valence-corrected chi connectivity index (χ4v) is 3.33. The number of hydrogen-bond acceptors (Lipinski definition) is 5. The summed E-state index contributed by atoms with van der Waals surface area (Å²) < 4.78 is 5.87. The monoisotopic (exact) mass is 435 g/mol. The molecule has 0 aliphatic rings. The molecule has 28 heavy (non-hydrogen) atoms. The molecular formula is C19H15Cl2N3O3S. The topological polar surface area (TPSA) is 88.1 Å². The molecule has 0 saturated heterocycles. The molecule has 3 rings (SSSR count). The number of nitrogens with zero attached hydrogens (tertiary/aromatic N) is 2. The number of H-pyrrole nitrogens is 1. The zero-order chi connectivity index (χ0) is 20.1. The van der Waals surface area contributed by atoms with Crippen molar-refractivity contribution in [2.24, 2.45) is 0 Å². The summed E-state index contributed by atoms with van der Waals surface area (Å²) in [6.07, 6.45) is 1.53. The second-order valence-corrected chi connectivity index (χ2v) is 7.52. The van der Waals surface area contributed by atoms with E-state index in [0.29, 0.717) is 32.3 Å². The number of aromatic nitrogens is 3. The molecule has 0 atom stereocenters. The number of carbonyl (C=O) groups is 1. The third-order valence-electron chi connectivity index (χ3n) is 3.57. The van der Waals surface area contributed by atoms with Gasteiger partial charge in [-0.25, -0.2) is 9.78 Å². The van der Waals surface area contributed by atoms with E-state index in [1.807, 2.05) is 12.1 Å². The van der Waals surface area contributed by atoms with Crippen LogP contribution in [0.25, 0.3) is 6.08 Å². The van der Waals surface area contributed by atoms with Crippen LogP contribution in [0.5, 0.6) is 5.75 Å². The van der Waals surface area contributed by atoms with Crippen LogP contribution in [-0.2, 0) is 11.4 Å². The van der Waals surface area contributed by atoms with E-state index < -0.39 is 5.97 Å². The molecule has 0 amide bonds. The number of halogens is 2. The summed E-state index contributed by atoms with van der Waals surface area (Å²) in [5.41, 5.74) is 1.47. The first-order valence-electron chi connectivity index (χ1n) is 8.10. The van der Waals surface area contributed by atoms with Crippen molar-refractivity contribution in [3.05, 3.63) is 74.4 Å². The number of ether oxygens (including phenoxy) is 1. The number of para-hydroxylation sites is 1. The van der Waals surface area contributed by atoms with Crippen molar-refractivity contribution in [1.29, 1.82) is 0 Å². The van der Waals surface area contributed by atoms with E-state index in [9.17, 15) is 9.90 Å². The van der Waals surface area contributed by atoms with Crippen molar-refractivity contribution in [3.8, 4) is 5.75 Å². The number of aryl methyl sites for hydroxylation is 1. The number of aliphatic carboxylic acids is 1. The lowest BCUT2D eigenvalue weighted by atomic mass is 10.2. The Bertz CT molecular complexity index is 1040. The number of hydrogen-bond donors (Lipinski definition) is 2. The first kappa shape index (κ1) is 20.3. The molecule has 0 radical (unpaired) electrons. The molecule has 0 aliphatic carbocycles. The molecule has 0 fully saturated rings. The maximum atomic E-state index is 11.7. The molecule has 0 spiro atoms. The normalized spacial score (nSPS) is 11.5. The second-order valence-electron chi connectivity index (χ2n) is 5.69. The van der Waals surface area contributed by atoms with Crippen LogP contribution >= 0.6 is 35.0 Å². The van der Waals surface area contributed by atoms with Crippen LogP contribution in [0.2, 0.25) is 10.0 Å². The molecule has 9 heteroatoms. The summed E-state index contributed by atoms with van der Waals surface area (Å²) in [6.45, 7) is 2.00. The summed E-state index contributed by atoms with van der Waals surface area (Å²) in [7, 11) is 0. The van der Waals surface area contributed by atoms with Crippen LogP contribution in [0.3, 0.4) is 0 Å². The van der Waals surface area contributed by atoms with Crippen molar-refractivity contribution in [2.45, 2.75) is 18.7 Å². The highest BCUT2D eigenvalue weighted by molar-refractivity contribution is 8.04. The highest BCUT2D eigenvalue weighted by Crippen LogP contribution is 2.30. The number of aromatic amines is 1. The Morgan fingerprint density at radius 2 is 2.04 bits per heavy atom. The Balaban J connectivity index is 1.82. The highest BCUT2D eigenvalue weighted by atomic mass is 35.5. The fourth-order valence-electron chi connectivity index (χ4n) is 2.26.